The molecule has 0 heterocycles. The van der Waals surface area contributed by atoms with Gasteiger partial charge in [0.2, 0.25) is 11.8 Å². The van der Waals surface area contributed by atoms with E-state index in [1.165, 1.54) is 18.9 Å². The molecule has 9 nitrogen and oxygen atoms in total. The number of hydrogen-bond acceptors (Lipinski definition) is 7. The number of hydrogen-bond donors (Lipinski definition) is 3. The second-order valence-corrected chi connectivity index (χ2v) is 8.04. The van der Waals surface area contributed by atoms with Crippen molar-refractivity contribution in [2.24, 2.45) is 5.73 Å². The molecule has 0 unspecified atom stereocenters. The first-order valence-electron chi connectivity index (χ1n) is 10.1. The van der Waals surface area contributed by atoms with Crippen LogP contribution in [0.3, 0.4) is 0 Å². The molecule has 2 atom stereocenters. The topological polar surface area (TPSA) is 137 Å². The Labute approximate surface area is 196 Å². The number of benzene rings is 2. The molecule has 0 aromatic heterocycles. The average Bonchev–Trinajstić information content (AvgIpc) is 2.82. The number of amides is 3. The molecule has 0 aliphatic carbocycles. The summed E-state index contributed by atoms with van der Waals surface area (Å²) in [5, 5.41) is 4.86. The van der Waals surface area contributed by atoms with Gasteiger partial charge in [0.1, 0.15) is 18.7 Å². The highest BCUT2D eigenvalue weighted by Gasteiger charge is 2.29. The summed E-state index contributed by atoms with van der Waals surface area (Å²) in [5.41, 5.74) is 7.04. The van der Waals surface area contributed by atoms with Crippen molar-refractivity contribution in [1.82, 2.24) is 10.6 Å². The van der Waals surface area contributed by atoms with Crippen molar-refractivity contribution < 1.29 is 28.7 Å². The zero-order chi connectivity index (χ0) is 24.1. The van der Waals surface area contributed by atoms with Crippen molar-refractivity contribution in [2.45, 2.75) is 30.9 Å². The van der Waals surface area contributed by atoms with Gasteiger partial charge in [-0.25, -0.2) is 9.59 Å². The number of esters is 1. The Hall–Kier alpha value is -3.53. The Morgan fingerprint density at radius 2 is 1.52 bits per heavy atom. The van der Waals surface area contributed by atoms with E-state index in [0.29, 0.717) is 5.75 Å². The number of carbonyl (C=O) groups excluding carboxylic acids is 4. The molecule has 4 N–H and O–H groups in total. The maximum atomic E-state index is 12.7. The summed E-state index contributed by atoms with van der Waals surface area (Å²) in [5.74, 6) is -1.34. The molecule has 0 radical (unpaired) electrons. The van der Waals surface area contributed by atoms with Gasteiger partial charge < -0.3 is 25.8 Å². The lowest BCUT2D eigenvalue weighted by Gasteiger charge is -2.21. The van der Waals surface area contributed by atoms with Crippen molar-refractivity contribution >= 4 is 35.6 Å². The maximum Gasteiger partial charge on any atom is 0.408 e. The van der Waals surface area contributed by atoms with Crippen LogP contribution in [0.4, 0.5) is 4.79 Å². The molecule has 0 bridgehead atoms. The van der Waals surface area contributed by atoms with Crippen LogP contribution in [-0.4, -0.2) is 48.8 Å². The first-order valence-corrected chi connectivity index (χ1v) is 11.3. The molecule has 2 rings (SSSR count). The number of primary amides is 1. The molecule has 0 saturated carbocycles. The number of thioether (sulfide) groups is 1. The van der Waals surface area contributed by atoms with Crippen molar-refractivity contribution in [2.75, 3.05) is 12.9 Å². The summed E-state index contributed by atoms with van der Waals surface area (Å²) >= 11 is 1.43. The fourth-order valence-electron chi connectivity index (χ4n) is 2.77. The quantitative estimate of drug-likeness (QED) is 0.399. The number of nitrogens with two attached hydrogens (primary N) is 1. The summed E-state index contributed by atoms with van der Waals surface area (Å²) < 4.78 is 9.87. The van der Waals surface area contributed by atoms with Crippen LogP contribution in [0.2, 0.25) is 0 Å². The van der Waals surface area contributed by atoms with E-state index in [9.17, 15) is 19.2 Å². The van der Waals surface area contributed by atoms with Crippen molar-refractivity contribution in [3.63, 3.8) is 0 Å². The zero-order valence-corrected chi connectivity index (χ0v) is 19.0. The minimum absolute atomic E-state index is 0.0154. The molecule has 0 spiro atoms. The Balaban J connectivity index is 1.94. The minimum atomic E-state index is -1.31. The Morgan fingerprint density at radius 3 is 2.09 bits per heavy atom. The fraction of sp³-hybridized carbons (Fsp3) is 0.304. The van der Waals surface area contributed by atoms with Gasteiger partial charge in [0.05, 0.1) is 13.5 Å². The van der Waals surface area contributed by atoms with E-state index in [-0.39, 0.29) is 12.4 Å². The normalized spacial score (nSPS) is 12.2. The van der Waals surface area contributed by atoms with Crippen molar-refractivity contribution in [1.29, 1.82) is 0 Å². The van der Waals surface area contributed by atoms with Crippen LogP contribution in [0.1, 0.15) is 17.5 Å². The van der Waals surface area contributed by atoms with Gasteiger partial charge in [-0.2, -0.15) is 11.8 Å². The monoisotopic (exact) mass is 473 g/mol. The van der Waals surface area contributed by atoms with Crippen LogP contribution in [0.25, 0.3) is 0 Å². The summed E-state index contributed by atoms with van der Waals surface area (Å²) in [6.45, 7) is -0.0154. The SMILES string of the molecule is COC(=O)[C@H](CSCc1ccccc1)NC(=O)[C@@H](CC(N)=O)NC(=O)OCc1ccccc1. The third kappa shape index (κ3) is 9.65. The van der Waals surface area contributed by atoms with E-state index in [0.717, 1.165) is 11.1 Å². The third-order valence-electron chi connectivity index (χ3n) is 4.42. The second kappa shape index (κ2) is 13.8. The molecule has 0 aliphatic heterocycles. The zero-order valence-electron chi connectivity index (χ0n) is 18.2. The highest BCUT2D eigenvalue weighted by molar-refractivity contribution is 7.98. The highest BCUT2D eigenvalue weighted by Crippen LogP contribution is 2.13. The molecule has 0 fully saturated rings. The molecule has 2 aromatic carbocycles. The van der Waals surface area contributed by atoms with E-state index in [1.807, 2.05) is 36.4 Å². The van der Waals surface area contributed by atoms with Crippen LogP contribution >= 0.6 is 11.8 Å². The van der Waals surface area contributed by atoms with E-state index < -0.39 is 42.4 Å². The van der Waals surface area contributed by atoms with E-state index in [4.69, 9.17) is 15.2 Å². The number of rotatable bonds is 12. The molecule has 0 aliphatic rings. The summed E-state index contributed by atoms with van der Waals surface area (Å²) in [4.78, 5) is 48.5. The molecule has 0 saturated heterocycles. The van der Waals surface area contributed by atoms with Crippen LogP contribution in [0.15, 0.2) is 60.7 Å². The smallest absolute Gasteiger partial charge is 0.408 e. The largest absolute Gasteiger partial charge is 0.467 e. The highest BCUT2D eigenvalue weighted by atomic mass is 32.2. The van der Waals surface area contributed by atoms with Gasteiger partial charge in [0, 0.05) is 11.5 Å². The van der Waals surface area contributed by atoms with Gasteiger partial charge in [0.15, 0.2) is 0 Å². The first-order chi connectivity index (χ1) is 15.9. The van der Waals surface area contributed by atoms with E-state index in [1.54, 1.807) is 24.3 Å². The lowest BCUT2D eigenvalue weighted by Crippen LogP contribution is -2.53. The summed E-state index contributed by atoms with van der Waals surface area (Å²) in [6, 6.07) is 16.3. The van der Waals surface area contributed by atoms with Crippen LogP contribution in [0.5, 0.6) is 0 Å². The van der Waals surface area contributed by atoms with Crippen LogP contribution < -0.4 is 16.4 Å². The molecule has 176 valence electrons. The lowest BCUT2D eigenvalue weighted by atomic mass is 10.1. The standard InChI is InChI=1S/C23H27N3O6S/c1-31-22(29)19(15-33-14-17-10-6-3-7-11-17)25-21(28)18(12-20(24)27)26-23(30)32-13-16-8-4-2-5-9-16/h2-11,18-19H,12-15H2,1H3,(H2,24,27)(H,25,28)(H,26,30)/t18-,19+/m1/s1. The van der Waals surface area contributed by atoms with E-state index in [2.05, 4.69) is 10.6 Å². The third-order valence-corrected chi connectivity index (χ3v) is 5.53. The second-order valence-electron chi connectivity index (χ2n) is 7.01. The predicted octanol–water partition coefficient (Wildman–Crippen LogP) is 1.75. The molecule has 10 heteroatoms. The number of methoxy groups -OCH3 is 1. The van der Waals surface area contributed by atoms with E-state index >= 15 is 0 Å². The molecular weight excluding hydrogens is 446 g/mol. The lowest BCUT2D eigenvalue weighted by molar-refractivity contribution is -0.144. The van der Waals surface area contributed by atoms with Crippen molar-refractivity contribution in [3.05, 3.63) is 71.8 Å². The Kier molecular flexibility index (Phi) is 10.8. The Bertz CT molecular complexity index is 926. The predicted molar refractivity (Wildman–Crippen MR) is 124 cm³/mol. The molecule has 3 amide bonds. The summed E-state index contributed by atoms with van der Waals surface area (Å²) in [7, 11) is 1.21. The van der Waals surface area contributed by atoms with Gasteiger partial charge in [-0.15, -0.1) is 0 Å². The van der Waals surface area contributed by atoms with Gasteiger partial charge in [-0.05, 0) is 11.1 Å². The van der Waals surface area contributed by atoms with Crippen molar-refractivity contribution in [3.8, 4) is 0 Å². The number of alkyl carbamates (subject to hydrolysis) is 1. The minimum Gasteiger partial charge on any atom is -0.467 e. The fourth-order valence-corrected chi connectivity index (χ4v) is 3.77. The van der Waals surface area contributed by atoms with Crippen LogP contribution in [0, 0.1) is 0 Å². The Morgan fingerprint density at radius 1 is 0.909 bits per heavy atom. The molecule has 33 heavy (non-hydrogen) atoms. The van der Waals surface area contributed by atoms with Gasteiger partial charge >= 0.3 is 12.1 Å². The van der Waals surface area contributed by atoms with Gasteiger partial charge in [-0.3, -0.25) is 9.59 Å². The number of nitrogens with one attached hydrogen (secondary N) is 2. The van der Waals surface area contributed by atoms with Crippen LogP contribution in [-0.2, 0) is 36.2 Å². The van der Waals surface area contributed by atoms with Gasteiger partial charge in [0.25, 0.3) is 0 Å². The number of ether oxygens (including phenoxy) is 2. The first kappa shape index (κ1) is 25.7. The average molecular weight is 474 g/mol. The molecule has 2 aromatic rings. The summed E-state index contributed by atoms with van der Waals surface area (Å²) in [6.07, 6.45) is -1.36. The maximum absolute atomic E-state index is 12.7. The van der Waals surface area contributed by atoms with Gasteiger partial charge in [-0.1, -0.05) is 60.7 Å². The number of carbonyl (C=O) groups is 4. The molecular formula is C23H27N3O6S.